The van der Waals surface area contributed by atoms with Gasteiger partial charge in [-0.2, -0.15) is 0 Å². The summed E-state index contributed by atoms with van der Waals surface area (Å²) in [6.45, 7) is 6.34. The minimum absolute atomic E-state index is 0.129. The minimum Gasteiger partial charge on any atom is -0.462 e. The van der Waals surface area contributed by atoms with Crippen LogP contribution in [0.5, 0.6) is 0 Å². The molecule has 6 heteroatoms. The molecule has 0 amide bonds. The smallest absolute Gasteiger partial charge is 0.306 e. The molecule has 0 aliphatic carbocycles. The SMILES string of the molecule is CC/C=C\C/C=C\C/C=C\C/C=C\C/C=C\C/C=C\CCC(=O)OC[C@H](COC(=O)CCCCCCC/C=C\CCCC)OC(=O)CCC/C=C\C/C=C\C/C=C\CCCCCCCC. The number of carbonyl (C=O) groups is 3. The van der Waals surface area contributed by atoms with Gasteiger partial charge in [0.25, 0.3) is 0 Å². The molecule has 0 radical (unpaired) electrons. The molecular formula is C59H94O6. The van der Waals surface area contributed by atoms with E-state index in [-0.39, 0.29) is 44.0 Å². The Morgan fingerprint density at radius 3 is 1.14 bits per heavy atom. The van der Waals surface area contributed by atoms with Crippen molar-refractivity contribution in [3.8, 4) is 0 Å². The molecule has 0 saturated heterocycles. The lowest BCUT2D eigenvalue weighted by molar-refractivity contribution is -0.166. The summed E-state index contributed by atoms with van der Waals surface area (Å²) >= 11 is 0. The molecule has 366 valence electrons. The summed E-state index contributed by atoms with van der Waals surface area (Å²) in [4.78, 5) is 37.9. The van der Waals surface area contributed by atoms with Gasteiger partial charge in [0.05, 0.1) is 0 Å². The first-order chi connectivity index (χ1) is 32.0. The monoisotopic (exact) mass is 899 g/mol. The number of carbonyl (C=O) groups excluding carboxylic acids is 3. The van der Waals surface area contributed by atoms with Gasteiger partial charge >= 0.3 is 17.9 Å². The fraction of sp³-hybridized carbons (Fsp3) is 0.610. The van der Waals surface area contributed by atoms with E-state index in [9.17, 15) is 14.4 Å². The van der Waals surface area contributed by atoms with Crippen LogP contribution in [-0.2, 0) is 28.6 Å². The van der Waals surface area contributed by atoms with Crippen molar-refractivity contribution in [3.63, 3.8) is 0 Å². The van der Waals surface area contributed by atoms with Gasteiger partial charge in [0, 0.05) is 19.3 Å². The molecule has 0 spiro atoms. The van der Waals surface area contributed by atoms with Crippen LogP contribution in [0.1, 0.15) is 213 Å². The minimum atomic E-state index is -0.841. The molecule has 65 heavy (non-hydrogen) atoms. The van der Waals surface area contributed by atoms with Gasteiger partial charge < -0.3 is 14.2 Å². The molecule has 0 bridgehead atoms. The molecule has 0 aliphatic rings. The van der Waals surface area contributed by atoms with Crippen molar-refractivity contribution in [2.24, 2.45) is 0 Å². The molecule has 0 heterocycles. The van der Waals surface area contributed by atoms with Gasteiger partial charge in [-0.05, 0) is 109 Å². The van der Waals surface area contributed by atoms with Crippen molar-refractivity contribution >= 4 is 17.9 Å². The van der Waals surface area contributed by atoms with E-state index in [1.54, 1.807) is 0 Å². The zero-order valence-electron chi connectivity index (χ0n) is 41.7. The van der Waals surface area contributed by atoms with E-state index < -0.39 is 6.10 Å². The predicted octanol–water partition coefficient (Wildman–Crippen LogP) is 17.3. The van der Waals surface area contributed by atoms with Gasteiger partial charge in [0.1, 0.15) is 13.2 Å². The van der Waals surface area contributed by atoms with Crippen molar-refractivity contribution in [1.82, 2.24) is 0 Å². The third-order valence-electron chi connectivity index (χ3n) is 10.4. The molecule has 0 unspecified atom stereocenters. The Bertz CT molecular complexity index is 1400. The summed E-state index contributed by atoms with van der Waals surface area (Å²) in [5.41, 5.74) is 0. The summed E-state index contributed by atoms with van der Waals surface area (Å²) in [7, 11) is 0. The standard InChI is InChI=1S/C59H94O6/c1-4-7-10-13-16-19-22-24-26-28-29-31-32-34-37-40-43-46-49-52-58(61)64-55-56(54-63-57(60)51-48-45-42-39-36-21-18-15-12-9-6-3)65-59(62)53-50-47-44-41-38-35-33-30-27-25-23-20-17-14-11-8-5-2/h7,10,15-16,18-19,24-27,29,31,33-35,37,41,43-44,46,56H,4-6,8-9,11-14,17,20-23,28,30,32,36,38-40,42,45,47-55H2,1-3H3/b10-7-,18-15-,19-16-,26-24-,27-25-,31-29-,35-33-,37-34-,44-41-,46-43-/t56-/m0/s1. The van der Waals surface area contributed by atoms with Crippen molar-refractivity contribution in [3.05, 3.63) is 122 Å². The number of unbranched alkanes of at least 4 members (excludes halogenated alkanes) is 14. The zero-order valence-corrected chi connectivity index (χ0v) is 41.7. The highest BCUT2D eigenvalue weighted by Crippen LogP contribution is 2.11. The molecule has 1 atom stereocenters. The van der Waals surface area contributed by atoms with Crippen LogP contribution in [0.25, 0.3) is 0 Å². The maximum atomic E-state index is 12.8. The molecule has 0 aromatic heterocycles. The van der Waals surface area contributed by atoms with E-state index >= 15 is 0 Å². The molecule has 0 aromatic carbocycles. The van der Waals surface area contributed by atoms with Crippen LogP contribution < -0.4 is 0 Å². The van der Waals surface area contributed by atoms with E-state index in [1.807, 2.05) is 12.2 Å². The topological polar surface area (TPSA) is 78.9 Å². The molecular weight excluding hydrogens is 805 g/mol. The van der Waals surface area contributed by atoms with Crippen LogP contribution in [0.3, 0.4) is 0 Å². The Morgan fingerprint density at radius 2 is 0.662 bits per heavy atom. The third kappa shape index (κ3) is 50.7. The Hall–Kier alpha value is -4.19. The molecule has 0 saturated carbocycles. The van der Waals surface area contributed by atoms with Crippen molar-refractivity contribution in [2.45, 2.75) is 219 Å². The first-order valence-electron chi connectivity index (χ1n) is 26.0. The number of allylic oxidation sites excluding steroid dienone is 20. The van der Waals surface area contributed by atoms with E-state index in [2.05, 4.69) is 130 Å². The second-order valence-corrected chi connectivity index (χ2v) is 16.7. The van der Waals surface area contributed by atoms with E-state index in [0.717, 1.165) is 89.9 Å². The predicted molar refractivity (Wildman–Crippen MR) is 279 cm³/mol. The van der Waals surface area contributed by atoms with E-state index in [4.69, 9.17) is 14.2 Å². The maximum absolute atomic E-state index is 12.8. The lowest BCUT2D eigenvalue weighted by Gasteiger charge is -2.18. The second kappa shape index (κ2) is 52.4. The zero-order chi connectivity index (χ0) is 47.2. The van der Waals surface area contributed by atoms with E-state index in [0.29, 0.717) is 19.3 Å². The summed E-state index contributed by atoms with van der Waals surface area (Å²) in [5.74, 6) is -1.09. The fourth-order valence-corrected chi connectivity index (χ4v) is 6.52. The summed E-state index contributed by atoms with van der Waals surface area (Å²) < 4.78 is 16.7. The van der Waals surface area contributed by atoms with Crippen LogP contribution >= 0.6 is 0 Å². The number of ether oxygens (including phenoxy) is 3. The van der Waals surface area contributed by atoms with Gasteiger partial charge in [-0.1, -0.05) is 206 Å². The van der Waals surface area contributed by atoms with Crippen molar-refractivity contribution in [1.29, 1.82) is 0 Å². The van der Waals surface area contributed by atoms with Gasteiger partial charge in [-0.3, -0.25) is 14.4 Å². The second-order valence-electron chi connectivity index (χ2n) is 16.7. The number of hydrogen-bond donors (Lipinski definition) is 0. The van der Waals surface area contributed by atoms with Crippen LogP contribution in [0.15, 0.2) is 122 Å². The van der Waals surface area contributed by atoms with Crippen molar-refractivity contribution in [2.75, 3.05) is 13.2 Å². The Morgan fingerprint density at radius 1 is 0.323 bits per heavy atom. The van der Waals surface area contributed by atoms with Gasteiger partial charge in [0.2, 0.25) is 0 Å². The van der Waals surface area contributed by atoms with Crippen LogP contribution in [-0.4, -0.2) is 37.2 Å². The summed E-state index contributed by atoms with van der Waals surface area (Å²) in [6.07, 6.45) is 72.0. The quantitative estimate of drug-likeness (QED) is 0.0262. The Kier molecular flexibility index (Phi) is 49.1. The average Bonchev–Trinajstić information content (AvgIpc) is 3.30. The van der Waals surface area contributed by atoms with Gasteiger partial charge in [0.15, 0.2) is 6.10 Å². The highest BCUT2D eigenvalue weighted by molar-refractivity contribution is 5.71. The summed E-state index contributed by atoms with van der Waals surface area (Å²) in [6, 6.07) is 0. The van der Waals surface area contributed by atoms with Crippen LogP contribution in [0.2, 0.25) is 0 Å². The number of rotatable bonds is 45. The van der Waals surface area contributed by atoms with Crippen molar-refractivity contribution < 1.29 is 28.6 Å². The Labute approximate surface area is 399 Å². The first kappa shape index (κ1) is 60.8. The number of hydrogen-bond acceptors (Lipinski definition) is 6. The first-order valence-corrected chi connectivity index (χ1v) is 26.0. The lowest BCUT2D eigenvalue weighted by atomic mass is 10.1. The molecule has 6 nitrogen and oxygen atoms in total. The van der Waals surface area contributed by atoms with Crippen LogP contribution in [0, 0.1) is 0 Å². The third-order valence-corrected chi connectivity index (χ3v) is 10.4. The molecule has 0 rings (SSSR count). The van der Waals surface area contributed by atoms with Crippen LogP contribution in [0.4, 0.5) is 0 Å². The molecule has 0 fully saturated rings. The fourth-order valence-electron chi connectivity index (χ4n) is 6.52. The molecule has 0 aliphatic heterocycles. The van der Waals surface area contributed by atoms with Gasteiger partial charge in [-0.25, -0.2) is 0 Å². The number of esters is 3. The largest absolute Gasteiger partial charge is 0.462 e. The summed E-state index contributed by atoms with van der Waals surface area (Å²) in [5, 5.41) is 0. The highest BCUT2D eigenvalue weighted by Gasteiger charge is 2.19. The lowest BCUT2D eigenvalue weighted by Crippen LogP contribution is -2.30. The highest BCUT2D eigenvalue weighted by atomic mass is 16.6. The van der Waals surface area contributed by atoms with Gasteiger partial charge in [-0.15, -0.1) is 0 Å². The maximum Gasteiger partial charge on any atom is 0.306 e. The average molecular weight is 899 g/mol. The van der Waals surface area contributed by atoms with E-state index in [1.165, 1.54) is 70.6 Å². The molecule has 0 N–H and O–H groups in total. The molecule has 0 aromatic rings. The normalized spacial score (nSPS) is 13.1. The Balaban J connectivity index is 4.59.